The van der Waals surface area contributed by atoms with E-state index in [0.29, 0.717) is 25.3 Å². The summed E-state index contributed by atoms with van der Waals surface area (Å²) in [5, 5.41) is 2.92. The lowest BCUT2D eigenvalue weighted by atomic mass is 10.1. The quantitative estimate of drug-likeness (QED) is 0.571. The molecule has 0 aromatic heterocycles. The van der Waals surface area contributed by atoms with Crippen molar-refractivity contribution >= 4 is 33.2 Å². The van der Waals surface area contributed by atoms with Gasteiger partial charge < -0.3 is 10.1 Å². The minimum atomic E-state index is -3.86. The van der Waals surface area contributed by atoms with E-state index in [2.05, 4.69) is 10.0 Å². The molecular weight excluding hydrogens is 412 g/mol. The second-order valence-electron chi connectivity index (χ2n) is 7.08. The number of carbonyl (C=O) groups is 1. The Bertz CT molecular complexity index is 975. The standard InChI is InChI=1S/C21H27ClN2O4S/c1-14(2)28-11-5-10-23-21(25)19-13-18(8-9-20(19)22)29(26,27)24-17-7-6-15(3)16(4)12-17/h6-9,12-14,24H,5,10-11H2,1-4H3,(H,23,25). The molecule has 6 nitrogen and oxygen atoms in total. The molecule has 0 radical (unpaired) electrons. The summed E-state index contributed by atoms with van der Waals surface area (Å²) >= 11 is 6.12. The largest absolute Gasteiger partial charge is 0.379 e. The topological polar surface area (TPSA) is 84.5 Å². The second kappa shape index (κ2) is 10.1. The van der Waals surface area contributed by atoms with Crippen molar-refractivity contribution < 1.29 is 17.9 Å². The summed E-state index contributed by atoms with van der Waals surface area (Å²) in [6, 6.07) is 9.37. The van der Waals surface area contributed by atoms with Gasteiger partial charge in [-0.15, -0.1) is 0 Å². The third kappa shape index (κ3) is 6.73. The van der Waals surface area contributed by atoms with Crippen molar-refractivity contribution in [3.8, 4) is 0 Å². The molecule has 1 amide bonds. The number of sulfonamides is 1. The number of hydrogen-bond donors (Lipinski definition) is 2. The molecule has 0 aliphatic heterocycles. The van der Waals surface area contributed by atoms with E-state index >= 15 is 0 Å². The molecule has 0 bridgehead atoms. The lowest BCUT2D eigenvalue weighted by Crippen LogP contribution is -2.26. The third-order valence-electron chi connectivity index (χ3n) is 4.31. The van der Waals surface area contributed by atoms with E-state index in [4.69, 9.17) is 16.3 Å². The first kappa shape index (κ1) is 23.2. The highest BCUT2D eigenvalue weighted by Gasteiger charge is 2.19. The molecule has 0 aliphatic rings. The molecule has 2 aromatic rings. The molecule has 0 unspecified atom stereocenters. The summed E-state index contributed by atoms with van der Waals surface area (Å²) in [7, 11) is -3.86. The number of aryl methyl sites for hydroxylation is 2. The van der Waals surface area contributed by atoms with Crippen LogP contribution in [0.3, 0.4) is 0 Å². The Kier molecular flexibility index (Phi) is 8.07. The summed E-state index contributed by atoms with van der Waals surface area (Å²) in [4.78, 5) is 12.4. The van der Waals surface area contributed by atoms with E-state index in [1.165, 1.54) is 18.2 Å². The molecular formula is C21H27ClN2O4S. The first-order valence-electron chi connectivity index (χ1n) is 9.39. The maximum Gasteiger partial charge on any atom is 0.261 e. The van der Waals surface area contributed by atoms with Crippen molar-refractivity contribution in [3.63, 3.8) is 0 Å². The van der Waals surface area contributed by atoms with Gasteiger partial charge in [0, 0.05) is 18.8 Å². The van der Waals surface area contributed by atoms with Gasteiger partial charge in [-0.2, -0.15) is 0 Å². The van der Waals surface area contributed by atoms with E-state index in [-0.39, 0.29) is 21.6 Å². The number of carbonyl (C=O) groups excluding carboxylic acids is 1. The van der Waals surface area contributed by atoms with Gasteiger partial charge in [0.2, 0.25) is 0 Å². The molecule has 2 N–H and O–H groups in total. The zero-order chi connectivity index (χ0) is 21.6. The first-order chi connectivity index (χ1) is 13.6. The zero-order valence-electron chi connectivity index (χ0n) is 17.1. The molecule has 0 heterocycles. The van der Waals surface area contributed by atoms with Crippen LogP contribution in [0.15, 0.2) is 41.3 Å². The molecule has 158 valence electrons. The van der Waals surface area contributed by atoms with Crippen LogP contribution in [0, 0.1) is 13.8 Å². The molecule has 0 fully saturated rings. The molecule has 0 spiro atoms. The third-order valence-corrected chi connectivity index (χ3v) is 6.02. The number of hydrogen-bond acceptors (Lipinski definition) is 4. The Labute approximate surface area is 177 Å². The van der Waals surface area contributed by atoms with Gasteiger partial charge in [0.1, 0.15) is 0 Å². The van der Waals surface area contributed by atoms with E-state index in [9.17, 15) is 13.2 Å². The predicted molar refractivity (Wildman–Crippen MR) is 116 cm³/mol. The van der Waals surface area contributed by atoms with E-state index in [0.717, 1.165) is 11.1 Å². The van der Waals surface area contributed by atoms with Crippen LogP contribution in [0.2, 0.25) is 5.02 Å². The van der Waals surface area contributed by atoms with Crippen LogP contribution >= 0.6 is 11.6 Å². The van der Waals surface area contributed by atoms with Gasteiger partial charge in [0.15, 0.2) is 0 Å². The van der Waals surface area contributed by atoms with Crippen molar-refractivity contribution in [2.75, 3.05) is 17.9 Å². The fourth-order valence-corrected chi connectivity index (χ4v) is 3.83. The average molecular weight is 439 g/mol. The highest BCUT2D eigenvalue weighted by atomic mass is 35.5. The van der Waals surface area contributed by atoms with Gasteiger partial charge in [-0.25, -0.2) is 8.42 Å². The molecule has 0 atom stereocenters. The Morgan fingerprint density at radius 1 is 1.10 bits per heavy atom. The smallest absolute Gasteiger partial charge is 0.261 e. The SMILES string of the molecule is Cc1ccc(NS(=O)(=O)c2ccc(Cl)c(C(=O)NCCCOC(C)C)c2)cc1C. The molecule has 2 aromatic carbocycles. The summed E-state index contributed by atoms with van der Waals surface area (Å²) in [6.45, 7) is 8.67. The van der Waals surface area contributed by atoms with Crippen molar-refractivity contribution in [2.45, 2.75) is 45.1 Å². The second-order valence-corrected chi connectivity index (χ2v) is 9.16. The lowest BCUT2D eigenvalue weighted by Gasteiger charge is -2.12. The fourth-order valence-electron chi connectivity index (χ4n) is 2.55. The highest BCUT2D eigenvalue weighted by molar-refractivity contribution is 7.92. The number of ether oxygens (including phenoxy) is 1. The van der Waals surface area contributed by atoms with Crippen molar-refractivity contribution in [3.05, 3.63) is 58.1 Å². The predicted octanol–water partition coefficient (Wildman–Crippen LogP) is 4.30. The van der Waals surface area contributed by atoms with Crippen molar-refractivity contribution in [1.82, 2.24) is 5.32 Å². The van der Waals surface area contributed by atoms with Crippen LogP contribution < -0.4 is 10.0 Å². The normalized spacial score (nSPS) is 11.5. The summed E-state index contributed by atoms with van der Waals surface area (Å²) < 4.78 is 33.5. The van der Waals surface area contributed by atoms with Crippen LogP contribution in [0.1, 0.15) is 41.8 Å². The van der Waals surface area contributed by atoms with Crippen LogP contribution in [-0.2, 0) is 14.8 Å². The van der Waals surface area contributed by atoms with Gasteiger partial charge in [0.25, 0.3) is 15.9 Å². The molecule has 0 aliphatic carbocycles. The fraction of sp³-hybridized carbons (Fsp3) is 0.381. The van der Waals surface area contributed by atoms with Crippen LogP contribution in [0.4, 0.5) is 5.69 Å². The number of anilines is 1. The number of amides is 1. The minimum Gasteiger partial charge on any atom is -0.379 e. The Balaban J connectivity index is 2.11. The zero-order valence-corrected chi connectivity index (χ0v) is 18.7. The van der Waals surface area contributed by atoms with Gasteiger partial charge in [-0.1, -0.05) is 17.7 Å². The first-order valence-corrected chi connectivity index (χ1v) is 11.3. The van der Waals surface area contributed by atoms with E-state index in [1.807, 2.05) is 33.8 Å². The maximum absolute atomic E-state index is 12.7. The average Bonchev–Trinajstić information content (AvgIpc) is 2.64. The summed E-state index contributed by atoms with van der Waals surface area (Å²) in [5.41, 5.74) is 2.61. The van der Waals surface area contributed by atoms with Crippen LogP contribution in [0.5, 0.6) is 0 Å². The molecule has 0 saturated carbocycles. The summed E-state index contributed by atoms with van der Waals surface area (Å²) in [5.74, 6) is -0.428. The summed E-state index contributed by atoms with van der Waals surface area (Å²) in [6.07, 6.45) is 0.778. The van der Waals surface area contributed by atoms with Crippen LogP contribution in [0.25, 0.3) is 0 Å². The van der Waals surface area contributed by atoms with Gasteiger partial charge >= 0.3 is 0 Å². The minimum absolute atomic E-state index is 0.0339. The number of rotatable bonds is 9. The number of nitrogens with one attached hydrogen (secondary N) is 2. The molecule has 0 saturated heterocycles. The van der Waals surface area contributed by atoms with E-state index in [1.54, 1.807) is 12.1 Å². The number of benzene rings is 2. The molecule has 29 heavy (non-hydrogen) atoms. The Hall–Kier alpha value is -2.09. The van der Waals surface area contributed by atoms with Gasteiger partial charge in [-0.3, -0.25) is 9.52 Å². The lowest BCUT2D eigenvalue weighted by molar-refractivity contribution is 0.0757. The van der Waals surface area contributed by atoms with Gasteiger partial charge in [-0.05, 0) is 75.6 Å². The monoisotopic (exact) mass is 438 g/mol. The highest BCUT2D eigenvalue weighted by Crippen LogP contribution is 2.23. The van der Waals surface area contributed by atoms with Crippen molar-refractivity contribution in [2.24, 2.45) is 0 Å². The van der Waals surface area contributed by atoms with Crippen LogP contribution in [-0.4, -0.2) is 33.6 Å². The number of halogens is 1. The Morgan fingerprint density at radius 2 is 1.83 bits per heavy atom. The van der Waals surface area contributed by atoms with E-state index < -0.39 is 15.9 Å². The van der Waals surface area contributed by atoms with Gasteiger partial charge in [0.05, 0.1) is 21.6 Å². The molecule has 2 rings (SSSR count). The Morgan fingerprint density at radius 3 is 2.48 bits per heavy atom. The molecule has 8 heteroatoms. The maximum atomic E-state index is 12.7. The van der Waals surface area contributed by atoms with Crippen molar-refractivity contribution in [1.29, 1.82) is 0 Å².